The Morgan fingerprint density at radius 2 is 1.89 bits per heavy atom. The van der Waals surface area contributed by atoms with Gasteiger partial charge < -0.3 is 9.15 Å². The lowest BCUT2D eigenvalue weighted by Gasteiger charge is -2.08. The minimum Gasteiger partial charge on any atom is -0.489 e. The average Bonchev–Trinajstić information content (AvgIpc) is 2.67. The van der Waals surface area contributed by atoms with Gasteiger partial charge in [-0.3, -0.25) is 4.98 Å². The third-order valence-corrected chi connectivity index (χ3v) is 4.06. The van der Waals surface area contributed by atoms with E-state index in [0.717, 1.165) is 6.07 Å². The molecule has 4 rings (SSSR count). The zero-order valence-electron chi connectivity index (χ0n) is 14.0. The second kappa shape index (κ2) is 6.99. The van der Waals surface area contributed by atoms with Crippen LogP contribution in [0.1, 0.15) is 5.56 Å². The Morgan fingerprint density at radius 1 is 1.00 bits per heavy atom. The third kappa shape index (κ3) is 3.55. The summed E-state index contributed by atoms with van der Waals surface area (Å²) in [5.41, 5.74) is 0.952. The van der Waals surface area contributed by atoms with Crippen LogP contribution in [0.15, 0.2) is 76.1 Å². The van der Waals surface area contributed by atoms with E-state index in [0.29, 0.717) is 28.0 Å². The van der Waals surface area contributed by atoms with Gasteiger partial charge in [0, 0.05) is 29.3 Å². The van der Waals surface area contributed by atoms with Gasteiger partial charge in [0.25, 0.3) is 0 Å². The molecular weight excluding hydrogens is 352 g/mol. The number of hydrogen-bond acceptors (Lipinski definition) is 4. The van der Waals surface area contributed by atoms with Crippen molar-refractivity contribution in [3.8, 4) is 17.0 Å². The number of nitrogens with zero attached hydrogens (tertiary/aromatic N) is 1. The van der Waals surface area contributed by atoms with Crippen LogP contribution >= 0.6 is 0 Å². The van der Waals surface area contributed by atoms with Crippen LogP contribution in [0.3, 0.4) is 0 Å². The fraction of sp³-hybridized carbons (Fsp3) is 0.0476. The third-order valence-electron chi connectivity index (χ3n) is 4.06. The molecule has 0 aliphatic carbocycles. The molecule has 0 fully saturated rings. The van der Waals surface area contributed by atoms with Crippen molar-refractivity contribution in [3.63, 3.8) is 0 Å². The number of benzene rings is 2. The van der Waals surface area contributed by atoms with Gasteiger partial charge in [-0.15, -0.1) is 0 Å². The van der Waals surface area contributed by atoms with Crippen LogP contribution in [0.4, 0.5) is 8.78 Å². The predicted octanol–water partition coefficient (Wildman–Crippen LogP) is 4.71. The second-order valence-corrected chi connectivity index (χ2v) is 5.89. The number of hydrogen-bond donors (Lipinski definition) is 0. The predicted molar refractivity (Wildman–Crippen MR) is 96.4 cm³/mol. The summed E-state index contributed by atoms with van der Waals surface area (Å²) in [6.07, 6.45) is 1.60. The molecule has 4 aromatic rings. The summed E-state index contributed by atoms with van der Waals surface area (Å²) in [5.74, 6) is -0.922. The van der Waals surface area contributed by atoms with Crippen LogP contribution < -0.4 is 10.4 Å². The van der Waals surface area contributed by atoms with E-state index in [1.807, 2.05) is 0 Å². The summed E-state index contributed by atoms with van der Waals surface area (Å²) in [5, 5.41) is 0.704. The zero-order chi connectivity index (χ0) is 18.8. The molecule has 0 saturated heterocycles. The van der Waals surface area contributed by atoms with E-state index >= 15 is 0 Å². The van der Waals surface area contributed by atoms with Crippen molar-refractivity contribution in [2.24, 2.45) is 0 Å². The van der Waals surface area contributed by atoms with Gasteiger partial charge in [-0.1, -0.05) is 6.07 Å². The maximum absolute atomic E-state index is 13.7. The molecule has 4 nitrogen and oxygen atoms in total. The maximum atomic E-state index is 13.7. The van der Waals surface area contributed by atoms with Gasteiger partial charge in [0.05, 0.1) is 11.3 Å². The summed E-state index contributed by atoms with van der Waals surface area (Å²) in [7, 11) is 0. The van der Waals surface area contributed by atoms with Crippen molar-refractivity contribution in [2.75, 3.05) is 0 Å². The van der Waals surface area contributed by atoms with E-state index in [4.69, 9.17) is 9.15 Å². The van der Waals surface area contributed by atoms with Crippen LogP contribution in [-0.4, -0.2) is 4.98 Å². The normalized spacial score (nSPS) is 10.9. The van der Waals surface area contributed by atoms with Gasteiger partial charge in [-0.05, 0) is 42.5 Å². The summed E-state index contributed by atoms with van der Waals surface area (Å²) in [4.78, 5) is 16.4. The van der Waals surface area contributed by atoms with Gasteiger partial charge >= 0.3 is 5.63 Å². The molecule has 0 aliphatic heterocycles. The average molecular weight is 365 g/mol. The first kappa shape index (κ1) is 16.9. The first-order valence-electron chi connectivity index (χ1n) is 8.16. The molecule has 0 amide bonds. The van der Waals surface area contributed by atoms with Gasteiger partial charge in [0.2, 0.25) is 0 Å². The quantitative estimate of drug-likeness (QED) is 0.492. The summed E-state index contributed by atoms with van der Waals surface area (Å²) >= 11 is 0. The highest BCUT2D eigenvalue weighted by Gasteiger charge is 2.10. The summed E-state index contributed by atoms with van der Waals surface area (Å²) in [6, 6.07) is 15.3. The largest absolute Gasteiger partial charge is 0.489 e. The van der Waals surface area contributed by atoms with Crippen molar-refractivity contribution in [1.82, 2.24) is 4.98 Å². The molecular formula is C21H13F2NO3. The Bertz CT molecular complexity index is 1170. The number of ether oxygens (including phenoxy) is 1. The van der Waals surface area contributed by atoms with Crippen molar-refractivity contribution in [1.29, 1.82) is 0 Å². The molecule has 2 aromatic heterocycles. The Kier molecular flexibility index (Phi) is 4.38. The Morgan fingerprint density at radius 3 is 2.67 bits per heavy atom. The number of aromatic nitrogens is 1. The SMILES string of the molecule is O=c1oc2cc(OCc3ccc(F)cc3F)ccc2cc1-c1ccccn1. The lowest BCUT2D eigenvalue weighted by Crippen LogP contribution is -2.04. The second-order valence-electron chi connectivity index (χ2n) is 5.89. The lowest BCUT2D eigenvalue weighted by molar-refractivity contribution is 0.299. The molecule has 0 atom stereocenters. The van der Waals surface area contributed by atoms with Crippen LogP contribution in [0, 0.1) is 11.6 Å². The van der Waals surface area contributed by atoms with E-state index < -0.39 is 17.3 Å². The molecule has 0 unspecified atom stereocenters. The lowest BCUT2D eigenvalue weighted by atomic mass is 10.1. The molecule has 134 valence electrons. The molecule has 0 bridgehead atoms. The zero-order valence-corrected chi connectivity index (χ0v) is 14.0. The number of halogens is 2. The highest BCUT2D eigenvalue weighted by Crippen LogP contribution is 2.24. The van der Waals surface area contributed by atoms with Crippen LogP contribution in [0.2, 0.25) is 0 Å². The fourth-order valence-corrected chi connectivity index (χ4v) is 2.68. The van der Waals surface area contributed by atoms with Crippen molar-refractivity contribution in [2.45, 2.75) is 6.61 Å². The Hall–Kier alpha value is -3.54. The van der Waals surface area contributed by atoms with Gasteiger partial charge in [-0.25, -0.2) is 13.6 Å². The van der Waals surface area contributed by atoms with E-state index in [1.165, 1.54) is 12.1 Å². The van der Waals surface area contributed by atoms with Gasteiger partial charge in [-0.2, -0.15) is 0 Å². The summed E-state index contributed by atoms with van der Waals surface area (Å²) < 4.78 is 37.5. The minimum absolute atomic E-state index is 0.0755. The Labute approximate surface area is 152 Å². The number of fused-ring (bicyclic) bond motifs is 1. The highest BCUT2D eigenvalue weighted by molar-refractivity contribution is 5.82. The first-order valence-corrected chi connectivity index (χ1v) is 8.16. The van der Waals surface area contributed by atoms with E-state index in [1.54, 1.807) is 48.7 Å². The van der Waals surface area contributed by atoms with Crippen molar-refractivity contribution < 1.29 is 17.9 Å². The molecule has 2 heterocycles. The minimum atomic E-state index is -0.678. The Balaban J connectivity index is 1.62. The van der Waals surface area contributed by atoms with Crippen LogP contribution in [0.25, 0.3) is 22.2 Å². The summed E-state index contributed by atoms with van der Waals surface area (Å²) in [6.45, 7) is -0.0755. The first-order chi connectivity index (χ1) is 13.1. The maximum Gasteiger partial charge on any atom is 0.345 e. The van der Waals surface area contributed by atoms with Crippen molar-refractivity contribution in [3.05, 3.63) is 94.5 Å². The molecule has 27 heavy (non-hydrogen) atoms. The monoisotopic (exact) mass is 365 g/mol. The van der Waals surface area contributed by atoms with Crippen molar-refractivity contribution >= 4 is 11.0 Å². The van der Waals surface area contributed by atoms with Gasteiger partial charge in [0.15, 0.2) is 0 Å². The van der Waals surface area contributed by atoms with E-state index in [9.17, 15) is 13.6 Å². The number of pyridine rings is 1. The fourth-order valence-electron chi connectivity index (χ4n) is 2.68. The van der Waals surface area contributed by atoms with E-state index in [-0.39, 0.29) is 12.2 Å². The molecule has 0 saturated carbocycles. The molecule has 2 aromatic carbocycles. The smallest absolute Gasteiger partial charge is 0.345 e. The standard InChI is InChI=1S/C21H13F2NO3/c22-15-6-4-14(18(23)10-15)12-26-16-7-5-13-9-17(19-3-1-2-8-24-19)21(25)27-20(13)11-16/h1-11H,12H2. The molecule has 6 heteroatoms. The van der Waals surface area contributed by atoms with Crippen LogP contribution in [0.5, 0.6) is 5.75 Å². The number of rotatable bonds is 4. The van der Waals surface area contributed by atoms with Crippen LogP contribution in [-0.2, 0) is 6.61 Å². The highest BCUT2D eigenvalue weighted by atomic mass is 19.1. The molecule has 0 N–H and O–H groups in total. The molecule has 0 spiro atoms. The van der Waals surface area contributed by atoms with Gasteiger partial charge in [0.1, 0.15) is 29.6 Å². The topological polar surface area (TPSA) is 52.3 Å². The van der Waals surface area contributed by atoms with E-state index in [2.05, 4.69) is 4.98 Å². The molecule has 0 aliphatic rings. The molecule has 0 radical (unpaired) electrons.